The Kier molecular flexibility index (Phi) is 4.62. The van der Waals surface area contributed by atoms with E-state index in [2.05, 4.69) is 10.6 Å². The molecule has 114 valence electrons. The molecule has 0 saturated carbocycles. The lowest BCUT2D eigenvalue weighted by atomic mass is 10.1. The highest BCUT2D eigenvalue weighted by Crippen LogP contribution is 2.24. The van der Waals surface area contributed by atoms with Crippen molar-refractivity contribution in [2.24, 2.45) is 0 Å². The zero-order valence-corrected chi connectivity index (χ0v) is 12.0. The van der Waals surface area contributed by atoms with E-state index in [0.29, 0.717) is 13.0 Å². The van der Waals surface area contributed by atoms with E-state index >= 15 is 0 Å². The summed E-state index contributed by atoms with van der Waals surface area (Å²) in [6.07, 6.45) is 0.408. The predicted molar refractivity (Wildman–Crippen MR) is 74.2 cm³/mol. The van der Waals surface area contributed by atoms with E-state index < -0.39 is 29.4 Å². The summed E-state index contributed by atoms with van der Waals surface area (Å²) in [5.74, 6) is -2.22. The normalized spacial score (nSPS) is 18.4. The molecule has 1 atom stereocenters. The summed E-state index contributed by atoms with van der Waals surface area (Å²) in [5.41, 5.74) is -0.578. The Hall–Kier alpha value is -1.89. The van der Waals surface area contributed by atoms with Gasteiger partial charge in [0.25, 0.3) is 0 Å². The van der Waals surface area contributed by atoms with Crippen LogP contribution >= 0.6 is 11.6 Å². The van der Waals surface area contributed by atoms with E-state index in [1.54, 1.807) is 6.92 Å². The summed E-state index contributed by atoms with van der Waals surface area (Å²) in [6.45, 7) is 2.32. The van der Waals surface area contributed by atoms with Gasteiger partial charge in [-0.2, -0.15) is 0 Å². The minimum absolute atomic E-state index is 0.105. The molecule has 21 heavy (non-hydrogen) atoms. The van der Waals surface area contributed by atoms with Crippen LogP contribution in [-0.4, -0.2) is 36.0 Å². The molecule has 0 unspecified atom stereocenters. The van der Waals surface area contributed by atoms with Crippen LogP contribution in [0.25, 0.3) is 0 Å². The molecule has 2 rings (SSSR count). The molecule has 1 aromatic carbocycles. The van der Waals surface area contributed by atoms with Gasteiger partial charge in [0.05, 0.1) is 0 Å². The van der Waals surface area contributed by atoms with Crippen molar-refractivity contribution in [3.05, 3.63) is 28.8 Å². The molecule has 1 aromatic rings. The van der Waals surface area contributed by atoms with Crippen LogP contribution in [0.5, 0.6) is 0 Å². The van der Waals surface area contributed by atoms with E-state index in [0.717, 1.165) is 12.1 Å². The molecule has 0 spiro atoms. The zero-order valence-electron chi connectivity index (χ0n) is 11.3. The van der Waals surface area contributed by atoms with Gasteiger partial charge in [0.2, 0.25) is 5.91 Å². The fraction of sp³-hybridized carbons (Fsp3) is 0.385. The molecule has 1 saturated heterocycles. The highest BCUT2D eigenvalue weighted by molar-refractivity contribution is 6.30. The van der Waals surface area contributed by atoms with Gasteiger partial charge in [-0.05, 0) is 18.6 Å². The number of rotatable bonds is 2. The topological polar surface area (TPSA) is 61.4 Å². The average Bonchev–Trinajstić information content (AvgIpc) is 2.42. The van der Waals surface area contributed by atoms with Gasteiger partial charge in [-0.15, -0.1) is 0 Å². The third-order valence-electron chi connectivity index (χ3n) is 3.22. The number of carbonyl (C=O) groups is 2. The third kappa shape index (κ3) is 3.24. The monoisotopic (exact) mass is 317 g/mol. The maximum Gasteiger partial charge on any atom is 0.322 e. The van der Waals surface area contributed by atoms with Crippen LogP contribution < -0.4 is 10.6 Å². The summed E-state index contributed by atoms with van der Waals surface area (Å²) in [4.78, 5) is 25.1. The fourth-order valence-corrected chi connectivity index (χ4v) is 2.40. The van der Waals surface area contributed by atoms with Crippen LogP contribution in [0, 0.1) is 11.6 Å². The van der Waals surface area contributed by atoms with Crippen molar-refractivity contribution in [3.63, 3.8) is 0 Å². The number of anilines is 1. The predicted octanol–water partition coefficient (Wildman–Crippen LogP) is 2.36. The Bertz CT molecular complexity index is 560. The first-order valence-corrected chi connectivity index (χ1v) is 6.81. The lowest BCUT2D eigenvalue weighted by Crippen LogP contribution is -2.58. The molecule has 0 bridgehead atoms. The van der Waals surface area contributed by atoms with Gasteiger partial charge in [0, 0.05) is 18.1 Å². The van der Waals surface area contributed by atoms with Crippen LogP contribution in [0.1, 0.15) is 13.3 Å². The van der Waals surface area contributed by atoms with Crippen LogP contribution in [0.4, 0.5) is 19.3 Å². The molecule has 8 heteroatoms. The maximum atomic E-state index is 13.7. The van der Waals surface area contributed by atoms with Crippen molar-refractivity contribution in [2.75, 3.05) is 18.4 Å². The largest absolute Gasteiger partial charge is 0.353 e. The molecule has 1 aliphatic heterocycles. The van der Waals surface area contributed by atoms with E-state index in [4.69, 9.17) is 11.6 Å². The maximum absolute atomic E-state index is 13.7. The van der Waals surface area contributed by atoms with Gasteiger partial charge in [-0.3, -0.25) is 4.79 Å². The highest BCUT2D eigenvalue weighted by Gasteiger charge is 2.32. The van der Waals surface area contributed by atoms with Crippen molar-refractivity contribution in [1.29, 1.82) is 0 Å². The first-order valence-electron chi connectivity index (χ1n) is 6.44. The number of halogens is 3. The van der Waals surface area contributed by atoms with E-state index in [1.807, 2.05) is 0 Å². The molecule has 0 radical (unpaired) electrons. The molecule has 5 nitrogen and oxygen atoms in total. The molecule has 0 aromatic heterocycles. The number of carbonyl (C=O) groups excluding carboxylic acids is 2. The lowest BCUT2D eigenvalue weighted by Gasteiger charge is -2.34. The SMILES string of the molecule is CC[C@H]1C(=O)NCCN1C(=O)Nc1c(F)cc(Cl)cc1F. The van der Waals surface area contributed by atoms with Crippen molar-refractivity contribution < 1.29 is 18.4 Å². The smallest absolute Gasteiger partial charge is 0.322 e. The Labute approximate surface area is 125 Å². The van der Waals surface area contributed by atoms with Gasteiger partial charge < -0.3 is 15.5 Å². The molecule has 3 amide bonds. The van der Waals surface area contributed by atoms with Gasteiger partial charge in [0.1, 0.15) is 11.7 Å². The number of amides is 3. The van der Waals surface area contributed by atoms with Gasteiger partial charge >= 0.3 is 6.03 Å². The number of hydrogen-bond donors (Lipinski definition) is 2. The van der Waals surface area contributed by atoms with Gasteiger partial charge in [-0.25, -0.2) is 13.6 Å². The number of piperazine rings is 1. The van der Waals surface area contributed by atoms with Crippen LogP contribution in [0.3, 0.4) is 0 Å². The molecular weight excluding hydrogens is 304 g/mol. The molecular formula is C13H14ClF2N3O2. The molecule has 1 heterocycles. The summed E-state index contributed by atoms with van der Waals surface area (Å²) in [7, 11) is 0. The average molecular weight is 318 g/mol. The van der Waals surface area contributed by atoms with Gasteiger partial charge in [0.15, 0.2) is 11.6 Å². The third-order valence-corrected chi connectivity index (χ3v) is 3.44. The zero-order chi connectivity index (χ0) is 15.6. The standard InChI is InChI=1S/C13H14ClF2N3O2/c1-2-10-12(20)17-3-4-19(10)13(21)18-11-8(15)5-7(14)6-9(11)16/h5-6,10H,2-4H2,1H3,(H,17,20)(H,18,21)/t10-/m0/s1. The van der Waals surface area contributed by atoms with Crippen molar-refractivity contribution in [1.82, 2.24) is 10.2 Å². The Balaban J connectivity index is 2.19. The molecule has 1 fully saturated rings. The van der Waals surface area contributed by atoms with Crippen LogP contribution in [0.2, 0.25) is 5.02 Å². The molecule has 2 N–H and O–H groups in total. The lowest BCUT2D eigenvalue weighted by molar-refractivity contribution is -0.127. The first kappa shape index (κ1) is 15.5. The van der Waals surface area contributed by atoms with Crippen LogP contribution in [0.15, 0.2) is 12.1 Å². The molecule has 0 aliphatic carbocycles. The Morgan fingerprint density at radius 1 is 1.48 bits per heavy atom. The minimum Gasteiger partial charge on any atom is -0.353 e. The number of benzene rings is 1. The van der Waals surface area contributed by atoms with Gasteiger partial charge in [-0.1, -0.05) is 18.5 Å². The number of nitrogens with zero attached hydrogens (tertiary/aromatic N) is 1. The number of urea groups is 1. The van der Waals surface area contributed by atoms with E-state index in [1.165, 1.54) is 4.90 Å². The summed E-state index contributed by atoms with van der Waals surface area (Å²) in [5, 5.41) is 4.69. The van der Waals surface area contributed by atoms with Crippen molar-refractivity contribution in [2.45, 2.75) is 19.4 Å². The summed E-state index contributed by atoms with van der Waals surface area (Å²) < 4.78 is 27.3. The second-order valence-electron chi connectivity index (χ2n) is 4.58. The fourth-order valence-electron chi connectivity index (χ4n) is 2.20. The Morgan fingerprint density at radius 3 is 2.67 bits per heavy atom. The number of hydrogen-bond acceptors (Lipinski definition) is 2. The molecule has 1 aliphatic rings. The minimum atomic E-state index is -0.970. The van der Waals surface area contributed by atoms with Crippen molar-refractivity contribution in [3.8, 4) is 0 Å². The van der Waals surface area contributed by atoms with Crippen LogP contribution in [-0.2, 0) is 4.79 Å². The Morgan fingerprint density at radius 2 is 2.10 bits per heavy atom. The summed E-state index contributed by atoms with van der Waals surface area (Å²) in [6, 6.07) is 0.426. The van der Waals surface area contributed by atoms with E-state index in [9.17, 15) is 18.4 Å². The van der Waals surface area contributed by atoms with E-state index in [-0.39, 0.29) is 17.5 Å². The first-order chi connectivity index (χ1) is 9.93. The quantitative estimate of drug-likeness (QED) is 0.879. The van der Waals surface area contributed by atoms with Crippen molar-refractivity contribution >= 4 is 29.2 Å². The second-order valence-corrected chi connectivity index (χ2v) is 5.02. The summed E-state index contributed by atoms with van der Waals surface area (Å²) >= 11 is 5.52. The second kappa shape index (κ2) is 6.26. The highest BCUT2D eigenvalue weighted by atomic mass is 35.5. The number of nitrogens with one attached hydrogen (secondary N) is 2.